The average Bonchev–Trinajstić information content (AvgIpc) is 2.84. The molecule has 1 aromatic rings. The topological polar surface area (TPSA) is 61.0 Å². The minimum Gasteiger partial charge on any atom is -0.378 e. The van der Waals surface area contributed by atoms with Crippen LogP contribution in [0.4, 0.5) is 0 Å². The lowest BCUT2D eigenvalue weighted by Gasteiger charge is -2.02. The van der Waals surface area contributed by atoms with Crippen LogP contribution in [0.1, 0.15) is 48.7 Å². The number of nitrogens with two attached hydrogens (primary N) is 1. The van der Waals surface area contributed by atoms with Crippen LogP contribution in [0.5, 0.6) is 0 Å². The van der Waals surface area contributed by atoms with Crippen LogP contribution in [0.25, 0.3) is 0 Å². The zero-order valence-electron chi connectivity index (χ0n) is 9.14. The van der Waals surface area contributed by atoms with E-state index in [4.69, 9.17) is 10.5 Å². The molecule has 1 aliphatic heterocycles. The van der Waals surface area contributed by atoms with Crippen molar-refractivity contribution in [2.24, 2.45) is 5.73 Å². The van der Waals surface area contributed by atoms with E-state index in [9.17, 15) is 0 Å². The highest BCUT2D eigenvalue weighted by molar-refractivity contribution is 7.11. The Morgan fingerprint density at radius 2 is 2.40 bits per heavy atom. The maximum Gasteiger partial charge on any atom is 0.134 e. The first-order chi connectivity index (χ1) is 7.20. The smallest absolute Gasteiger partial charge is 0.134 e. The van der Waals surface area contributed by atoms with Gasteiger partial charge in [-0.05, 0) is 19.8 Å². The van der Waals surface area contributed by atoms with E-state index in [1.807, 2.05) is 0 Å². The third-order valence-electron chi connectivity index (χ3n) is 2.76. The van der Waals surface area contributed by atoms with Crippen LogP contribution in [-0.4, -0.2) is 22.9 Å². The van der Waals surface area contributed by atoms with Crippen molar-refractivity contribution in [3.63, 3.8) is 0 Å². The van der Waals surface area contributed by atoms with Crippen LogP contribution in [0, 0.1) is 0 Å². The van der Waals surface area contributed by atoms with Gasteiger partial charge in [-0.15, -0.1) is 10.2 Å². The van der Waals surface area contributed by atoms with E-state index in [2.05, 4.69) is 24.0 Å². The predicted molar refractivity (Wildman–Crippen MR) is 59.9 cm³/mol. The van der Waals surface area contributed by atoms with Gasteiger partial charge in [0.05, 0.1) is 18.8 Å². The fourth-order valence-electron chi connectivity index (χ4n) is 1.73. The summed E-state index contributed by atoms with van der Waals surface area (Å²) in [6.45, 7) is 4.93. The van der Waals surface area contributed by atoms with Crippen molar-refractivity contribution in [2.45, 2.75) is 44.8 Å². The number of hydrogen-bond acceptors (Lipinski definition) is 5. The zero-order chi connectivity index (χ0) is 10.8. The van der Waals surface area contributed by atoms with Crippen molar-refractivity contribution < 1.29 is 4.74 Å². The summed E-state index contributed by atoms with van der Waals surface area (Å²) in [4.78, 5) is 0. The van der Waals surface area contributed by atoms with Crippen molar-refractivity contribution in [1.82, 2.24) is 10.2 Å². The summed E-state index contributed by atoms with van der Waals surface area (Å²) in [6.07, 6.45) is 2.31. The molecule has 15 heavy (non-hydrogen) atoms. The van der Waals surface area contributed by atoms with Gasteiger partial charge in [-0.3, -0.25) is 0 Å². The second-order valence-electron chi connectivity index (χ2n) is 4.07. The molecule has 0 amide bonds. The minimum absolute atomic E-state index is 0.0380. The lowest BCUT2D eigenvalue weighted by Crippen LogP contribution is -2.07. The molecule has 1 saturated heterocycles. The number of hydrogen-bond donors (Lipinski definition) is 1. The molecule has 2 N–H and O–H groups in total. The first-order valence-electron chi connectivity index (χ1n) is 5.41. The third kappa shape index (κ3) is 2.35. The maximum atomic E-state index is 5.91. The van der Waals surface area contributed by atoms with Gasteiger partial charge < -0.3 is 10.5 Å². The van der Waals surface area contributed by atoms with Gasteiger partial charge in [0, 0.05) is 5.92 Å². The Morgan fingerprint density at radius 1 is 1.60 bits per heavy atom. The molecule has 1 aromatic heterocycles. The number of aromatic nitrogens is 2. The Morgan fingerprint density at radius 3 is 3.00 bits per heavy atom. The summed E-state index contributed by atoms with van der Waals surface area (Å²) in [5.74, 6) is 0.426. The van der Waals surface area contributed by atoms with E-state index in [1.165, 1.54) is 0 Å². The van der Waals surface area contributed by atoms with E-state index in [0.29, 0.717) is 12.0 Å². The Hall–Kier alpha value is -0.520. The molecule has 0 spiro atoms. The Kier molecular flexibility index (Phi) is 3.33. The molecule has 2 rings (SSSR count). The lowest BCUT2D eigenvalue weighted by atomic mass is 10.1. The van der Waals surface area contributed by atoms with Crippen molar-refractivity contribution in [1.29, 1.82) is 0 Å². The summed E-state index contributed by atoms with van der Waals surface area (Å²) in [5, 5.41) is 10.4. The predicted octanol–water partition coefficient (Wildman–Crippen LogP) is 1.84. The molecular formula is C10H17N3OS. The van der Waals surface area contributed by atoms with E-state index in [0.717, 1.165) is 29.5 Å². The number of rotatable bonds is 3. The van der Waals surface area contributed by atoms with Gasteiger partial charge >= 0.3 is 0 Å². The van der Waals surface area contributed by atoms with Crippen LogP contribution < -0.4 is 5.73 Å². The second kappa shape index (κ2) is 4.55. The molecule has 0 bridgehead atoms. The van der Waals surface area contributed by atoms with Crippen LogP contribution in [0.2, 0.25) is 0 Å². The Bertz CT molecular complexity index is 328. The molecular weight excluding hydrogens is 210 g/mol. The standard InChI is InChI=1S/C10H17N3OS/c1-3-8(11)10-13-12-9(15-10)7-4-6(2)14-5-7/h6-8H,3-5,11H2,1-2H3. The van der Waals surface area contributed by atoms with Gasteiger partial charge in [0.15, 0.2) is 0 Å². The van der Waals surface area contributed by atoms with E-state index < -0.39 is 0 Å². The molecule has 0 aliphatic carbocycles. The van der Waals surface area contributed by atoms with Crippen LogP contribution in [0.3, 0.4) is 0 Å². The first kappa shape index (κ1) is 11.0. The Balaban J connectivity index is 2.07. The Labute approximate surface area is 93.8 Å². The van der Waals surface area contributed by atoms with Gasteiger partial charge in [-0.25, -0.2) is 0 Å². The molecule has 0 aromatic carbocycles. The molecule has 3 unspecified atom stereocenters. The van der Waals surface area contributed by atoms with Gasteiger partial charge in [0.25, 0.3) is 0 Å². The minimum atomic E-state index is 0.0380. The summed E-state index contributed by atoms with van der Waals surface area (Å²) in [6, 6.07) is 0.0380. The largest absolute Gasteiger partial charge is 0.378 e. The summed E-state index contributed by atoms with van der Waals surface area (Å²) in [5.41, 5.74) is 5.91. The molecule has 3 atom stereocenters. The average molecular weight is 227 g/mol. The van der Waals surface area contributed by atoms with Crippen molar-refractivity contribution in [3.05, 3.63) is 10.0 Å². The van der Waals surface area contributed by atoms with Crippen LogP contribution >= 0.6 is 11.3 Å². The van der Waals surface area contributed by atoms with E-state index in [1.54, 1.807) is 11.3 Å². The molecule has 1 fully saturated rings. The van der Waals surface area contributed by atoms with Gasteiger partial charge in [-0.2, -0.15) is 0 Å². The third-order valence-corrected chi connectivity index (χ3v) is 3.98. The summed E-state index contributed by atoms with van der Waals surface area (Å²) >= 11 is 1.64. The lowest BCUT2D eigenvalue weighted by molar-refractivity contribution is 0.123. The highest BCUT2D eigenvalue weighted by atomic mass is 32.1. The second-order valence-corrected chi connectivity index (χ2v) is 5.11. The van der Waals surface area contributed by atoms with Crippen molar-refractivity contribution in [3.8, 4) is 0 Å². The van der Waals surface area contributed by atoms with Crippen molar-refractivity contribution >= 4 is 11.3 Å². The highest BCUT2D eigenvalue weighted by Crippen LogP contribution is 2.32. The van der Waals surface area contributed by atoms with Crippen LogP contribution in [-0.2, 0) is 4.74 Å². The quantitative estimate of drug-likeness (QED) is 0.856. The number of ether oxygens (including phenoxy) is 1. The normalized spacial score (nSPS) is 28.2. The molecule has 0 saturated carbocycles. The SMILES string of the molecule is CCC(N)c1nnc(C2COC(C)C2)s1. The molecule has 5 heteroatoms. The molecule has 0 radical (unpaired) electrons. The van der Waals surface area contributed by atoms with E-state index >= 15 is 0 Å². The van der Waals surface area contributed by atoms with E-state index in [-0.39, 0.29) is 6.04 Å². The van der Waals surface area contributed by atoms with Crippen molar-refractivity contribution in [2.75, 3.05) is 6.61 Å². The monoisotopic (exact) mass is 227 g/mol. The first-order valence-corrected chi connectivity index (χ1v) is 6.22. The maximum absolute atomic E-state index is 5.91. The fraction of sp³-hybridized carbons (Fsp3) is 0.800. The van der Waals surface area contributed by atoms with Crippen LogP contribution in [0.15, 0.2) is 0 Å². The summed E-state index contributed by atoms with van der Waals surface area (Å²) in [7, 11) is 0. The molecule has 1 aliphatic rings. The molecule has 84 valence electrons. The number of nitrogens with zero attached hydrogens (tertiary/aromatic N) is 2. The van der Waals surface area contributed by atoms with Gasteiger partial charge in [0.1, 0.15) is 10.0 Å². The summed E-state index contributed by atoms with van der Waals surface area (Å²) < 4.78 is 5.52. The van der Waals surface area contributed by atoms with Gasteiger partial charge in [0.2, 0.25) is 0 Å². The fourth-order valence-corrected chi connectivity index (χ4v) is 2.75. The highest BCUT2D eigenvalue weighted by Gasteiger charge is 2.27. The molecule has 2 heterocycles. The van der Waals surface area contributed by atoms with Gasteiger partial charge in [-0.1, -0.05) is 18.3 Å². The zero-order valence-corrected chi connectivity index (χ0v) is 9.96. The molecule has 4 nitrogen and oxygen atoms in total.